The van der Waals surface area contributed by atoms with Gasteiger partial charge < -0.3 is 9.47 Å². The lowest BCUT2D eigenvalue weighted by Crippen LogP contribution is -2.51. The van der Waals surface area contributed by atoms with E-state index >= 15 is 0 Å². The summed E-state index contributed by atoms with van der Waals surface area (Å²) >= 11 is 0. The van der Waals surface area contributed by atoms with Gasteiger partial charge in [0.25, 0.3) is 5.91 Å². The molecule has 1 aromatic rings. The molecule has 4 atom stereocenters. The first-order valence-electron chi connectivity index (χ1n) is 10.1. The van der Waals surface area contributed by atoms with Crippen LogP contribution in [0.2, 0.25) is 0 Å². The molecule has 3 rings (SSSR count). The van der Waals surface area contributed by atoms with Crippen molar-refractivity contribution in [3.8, 4) is 11.5 Å². The summed E-state index contributed by atoms with van der Waals surface area (Å²) in [6.45, 7) is 3.86. The smallest absolute Gasteiger partial charge is 0.276 e. The highest BCUT2D eigenvalue weighted by atomic mass is 16.5. The van der Waals surface area contributed by atoms with Crippen molar-refractivity contribution < 1.29 is 28.7 Å². The van der Waals surface area contributed by atoms with Gasteiger partial charge in [-0.3, -0.25) is 34.9 Å². The minimum Gasteiger partial charge on any atom is -0.490 e. The Bertz CT molecular complexity index is 842. The average molecular weight is 417 g/mol. The van der Waals surface area contributed by atoms with E-state index in [0.29, 0.717) is 30.9 Å². The number of carbonyl (C=O) groups is 4. The number of hydrazine groups is 1. The second-order valence-corrected chi connectivity index (χ2v) is 7.65. The minimum absolute atomic E-state index is 0.0827. The molecule has 1 saturated carbocycles. The summed E-state index contributed by atoms with van der Waals surface area (Å²) in [4.78, 5) is 50.8. The monoisotopic (exact) mass is 417 g/mol. The van der Waals surface area contributed by atoms with Gasteiger partial charge in [-0.1, -0.05) is 19.1 Å². The molecule has 162 valence electrons. The fourth-order valence-electron chi connectivity index (χ4n) is 4.25. The van der Waals surface area contributed by atoms with E-state index in [1.165, 1.54) is 7.05 Å². The Morgan fingerprint density at radius 1 is 1.07 bits per heavy atom. The van der Waals surface area contributed by atoms with E-state index in [0.717, 1.165) is 4.90 Å². The van der Waals surface area contributed by atoms with E-state index in [-0.39, 0.29) is 24.3 Å². The van der Waals surface area contributed by atoms with Crippen LogP contribution in [0.1, 0.15) is 26.7 Å². The number of hydrogen-bond donors (Lipinski definition) is 2. The van der Waals surface area contributed by atoms with Crippen molar-refractivity contribution in [1.82, 2.24) is 15.8 Å². The van der Waals surface area contributed by atoms with Crippen LogP contribution in [0.5, 0.6) is 11.5 Å². The highest BCUT2D eigenvalue weighted by Crippen LogP contribution is 2.44. The van der Waals surface area contributed by atoms with Gasteiger partial charge in [0, 0.05) is 7.05 Å². The lowest BCUT2D eigenvalue weighted by Gasteiger charge is -2.34. The number of nitrogens with one attached hydrogen (secondary N) is 2. The molecule has 0 unspecified atom stereocenters. The number of imide groups is 1. The molecule has 2 N–H and O–H groups in total. The molecule has 1 aliphatic carbocycles. The molecule has 4 amide bonds. The summed E-state index contributed by atoms with van der Waals surface area (Å²) in [6, 6.07) is 6.97. The maximum Gasteiger partial charge on any atom is 0.276 e. The molecular weight excluding hydrogens is 390 g/mol. The largest absolute Gasteiger partial charge is 0.490 e. The molecule has 0 spiro atoms. The van der Waals surface area contributed by atoms with Crippen LogP contribution in [-0.4, -0.2) is 48.8 Å². The van der Waals surface area contributed by atoms with Crippen LogP contribution in [-0.2, 0) is 19.2 Å². The predicted molar refractivity (Wildman–Crippen MR) is 106 cm³/mol. The standard InChI is InChI=1S/C21H27N3O6/c1-4-29-14-7-5-6-8-15(14)30-11-16(25)22-23-19(26)17-12(2)9-10-13-18(17)21(28)24(3)20(13)27/h5-8,12-13,17-18H,4,9-11H2,1-3H3,(H,22,25)(H,23,26)/t12-,13+,17-,18-/m0/s1. The number of rotatable bonds is 6. The van der Waals surface area contributed by atoms with E-state index in [1.807, 2.05) is 13.8 Å². The molecule has 30 heavy (non-hydrogen) atoms. The Morgan fingerprint density at radius 3 is 2.40 bits per heavy atom. The number of amides is 4. The zero-order valence-electron chi connectivity index (χ0n) is 17.3. The lowest BCUT2D eigenvalue weighted by atomic mass is 9.68. The second kappa shape index (κ2) is 9.15. The Labute approximate surface area is 175 Å². The molecule has 1 saturated heterocycles. The quantitative estimate of drug-likeness (QED) is 0.525. The molecular formula is C21H27N3O6. The van der Waals surface area contributed by atoms with Crippen LogP contribution in [0, 0.1) is 23.7 Å². The number of ether oxygens (including phenoxy) is 2. The van der Waals surface area contributed by atoms with Crippen molar-refractivity contribution in [2.24, 2.45) is 23.7 Å². The zero-order valence-corrected chi connectivity index (χ0v) is 17.3. The van der Waals surface area contributed by atoms with Crippen LogP contribution in [0.4, 0.5) is 0 Å². The van der Waals surface area contributed by atoms with E-state index in [9.17, 15) is 19.2 Å². The summed E-state index contributed by atoms with van der Waals surface area (Å²) in [5.41, 5.74) is 4.71. The van der Waals surface area contributed by atoms with Crippen LogP contribution in [0.15, 0.2) is 24.3 Å². The summed E-state index contributed by atoms with van der Waals surface area (Å²) < 4.78 is 10.9. The number of benzene rings is 1. The fraction of sp³-hybridized carbons (Fsp3) is 0.524. The third-order valence-corrected chi connectivity index (χ3v) is 5.77. The van der Waals surface area contributed by atoms with Gasteiger partial charge >= 0.3 is 0 Å². The van der Waals surface area contributed by atoms with Crippen LogP contribution >= 0.6 is 0 Å². The summed E-state index contributed by atoms with van der Waals surface area (Å²) in [5.74, 6) is -2.57. The third-order valence-electron chi connectivity index (χ3n) is 5.77. The Balaban J connectivity index is 1.56. The van der Waals surface area contributed by atoms with Gasteiger partial charge in [-0.05, 0) is 37.8 Å². The van der Waals surface area contributed by atoms with E-state index < -0.39 is 29.6 Å². The van der Waals surface area contributed by atoms with Gasteiger partial charge in [-0.25, -0.2) is 0 Å². The Morgan fingerprint density at radius 2 is 1.73 bits per heavy atom. The van der Waals surface area contributed by atoms with Crippen LogP contribution < -0.4 is 20.3 Å². The van der Waals surface area contributed by atoms with Gasteiger partial charge in [-0.15, -0.1) is 0 Å². The van der Waals surface area contributed by atoms with Gasteiger partial charge in [0.2, 0.25) is 17.7 Å². The molecule has 0 aromatic heterocycles. The number of carbonyl (C=O) groups excluding carboxylic acids is 4. The first-order valence-corrected chi connectivity index (χ1v) is 10.1. The molecule has 1 aromatic carbocycles. The third kappa shape index (κ3) is 4.24. The topological polar surface area (TPSA) is 114 Å². The van der Waals surface area contributed by atoms with Crippen LogP contribution in [0.3, 0.4) is 0 Å². The van der Waals surface area contributed by atoms with Crippen molar-refractivity contribution in [3.63, 3.8) is 0 Å². The second-order valence-electron chi connectivity index (χ2n) is 7.65. The normalized spacial score (nSPS) is 25.5. The highest BCUT2D eigenvalue weighted by molar-refractivity contribution is 6.07. The van der Waals surface area contributed by atoms with Crippen LogP contribution in [0.25, 0.3) is 0 Å². The van der Waals surface area contributed by atoms with E-state index in [4.69, 9.17) is 9.47 Å². The lowest BCUT2D eigenvalue weighted by molar-refractivity contribution is -0.142. The summed E-state index contributed by atoms with van der Waals surface area (Å²) in [7, 11) is 1.45. The minimum atomic E-state index is -0.683. The average Bonchev–Trinajstić information content (AvgIpc) is 2.95. The molecule has 0 radical (unpaired) electrons. The van der Waals surface area contributed by atoms with Gasteiger partial charge in [0.15, 0.2) is 18.1 Å². The molecule has 9 nitrogen and oxygen atoms in total. The maximum absolute atomic E-state index is 12.8. The fourth-order valence-corrected chi connectivity index (χ4v) is 4.25. The maximum atomic E-state index is 12.8. The van der Waals surface area contributed by atoms with Gasteiger partial charge in [0.05, 0.1) is 24.4 Å². The molecule has 2 fully saturated rings. The van der Waals surface area contributed by atoms with Gasteiger partial charge in [-0.2, -0.15) is 0 Å². The van der Waals surface area contributed by atoms with Crippen molar-refractivity contribution in [2.45, 2.75) is 26.7 Å². The number of nitrogens with zero attached hydrogens (tertiary/aromatic N) is 1. The number of para-hydroxylation sites is 2. The SMILES string of the molecule is CCOc1ccccc1OCC(=O)NNC(=O)[C@@H]1[C@H]2C(=O)N(C)C(=O)[C@@H]2CC[C@@H]1C. The van der Waals surface area contributed by atoms with Crippen molar-refractivity contribution >= 4 is 23.6 Å². The number of hydrogen-bond acceptors (Lipinski definition) is 6. The highest BCUT2D eigenvalue weighted by Gasteiger charge is 2.55. The Hall–Kier alpha value is -3.10. The Kier molecular flexibility index (Phi) is 6.59. The van der Waals surface area contributed by atoms with E-state index in [2.05, 4.69) is 10.9 Å². The van der Waals surface area contributed by atoms with Crippen molar-refractivity contribution in [1.29, 1.82) is 0 Å². The molecule has 1 aliphatic heterocycles. The molecule has 9 heteroatoms. The van der Waals surface area contributed by atoms with Crippen molar-refractivity contribution in [3.05, 3.63) is 24.3 Å². The van der Waals surface area contributed by atoms with Crippen molar-refractivity contribution in [2.75, 3.05) is 20.3 Å². The van der Waals surface area contributed by atoms with E-state index in [1.54, 1.807) is 24.3 Å². The first-order chi connectivity index (χ1) is 14.3. The molecule has 2 aliphatic rings. The summed E-state index contributed by atoms with van der Waals surface area (Å²) in [6.07, 6.45) is 1.25. The van der Waals surface area contributed by atoms with Gasteiger partial charge in [0.1, 0.15) is 0 Å². The molecule has 1 heterocycles. The summed E-state index contributed by atoms with van der Waals surface area (Å²) in [5, 5.41) is 0. The zero-order chi connectivity index (χ0) is 21.8. The predicted octanol–water partition coefficient (Wildman–Crippen LogP) is 0.889. The molecule has 0 bridgehead atoms. The first kappa shape index (κ1) is 21.6. The number of likely N-dealkylation sites (tertiary alicyclic amines) is 1. The number of fused-ring (bicyclic) bond motifs is 1.